The molecule has 1 aromatic carbocycles. The fourth-order valence-corrected chi connectivity index (χ4v) is 1.79. The SMILES string of the molecule is Cc1cc(CNC(=O)CCc2ccccc2)ncn1. The Morgan fingerprint density at radius 3 is 2.74 bits per heavy atom. The van der Waals surface area contributed by atoms with Crippen molar-refractivity contribution in [1.82, 2.24) is 15.3 Å². The quantitative estimate of drug-likeness (QED) is 0.889. The van der Waals surface area contributed by atoms with Gasteiger partial charge in [-0.3, -0.25) is 4.79 Å². The van der Waals surface area contributed by atoms with Crippen molar-refractivity contribution in [1.29, 1.82) is 0 Å². The second-order valence-corrected chi connectivity index (χ2v) is 4.41. The lowest BCUT2D eigenvalue weighted by molar-refractivity contribution is -0.121. The number of hydrogen-bond acceptors (Lipinski definition) is 3. The number of nitrogens with zero attached hydrogens (tertiary/aromatic N) is 2. The van der Waals surface area contributed by atoms with Crippen LogP contribution in [0.25, 0.3) is 0 Å². The summed E-state index contributed by atoms with van der Waals surface area (Å²) < 4.78 is 0. The molecule has 0 aliphatic heterocycles. The molecule has 1 aromatic heterocycles. The van der Waals surface area contributed by atoms with Crippen molar-refractivity contribution >= 4 is 5.91 Å². The van der Waals surface area contributed by atoms with Crippen molar-refractivity contribution in [3.63, 3.8) is 0 Å². The fourth-order valence-electron chi connectivity index (χ4n) is 1.79. The van der Waals surface area contributed by atoms with Gasteiger partial charge in [-0.25, -0.2) is 9.97 Å². The second kappa shape index (κ2) is 6.64. The Morgan fingerprint density at radius 2 is 2.00 bits per heavy atom. The predicted octanol–water partition coefficient (Wildman–Crippen LogP) is 2.03. The number of benzene rings is 1. The summed E-state index contributed by atoms with van der Waals surface area (Å²) in [5.41, 5.74) is 2.92. The maximum absolute atomic E-state index is 11.7. The predicted molar refractivity (Wildman–Crippen MR) is 73.4 cm³/mol. The first-order valence-electron chi connectivity index (χ1n) is 6.32. The molecule has 98 valence electrons. The lowest BCUT2D eigenvalue weighted by Crippen LogP contribution is -2.23. The molecule has 1 heterocycles. The van der Waals surface area contributed by atoms with Gasteiger partial charge in [0.2, 0.25) is 5.91 Å². The molecule has 2 rings (SSSR count). The lowest BCUT2D eigenvalue weighted by atomic mass is 10.1. The smallest absolute Gasteiger partial charge is 0.220 e. The highest BCUT2D eigenvalue weighted by Crippen LogP contribution is 2.02. The van der Waals surface area contributed by atoms with E-state index in [1.165, 1.54) is 11.9 Å². The first-order chi connectivity index (χ1) is 9.24. The summed E-state index contributed by atoms with van der Waals surface area (Å²) in [7, 11) is 0. The van der Waals surface area contributed by atoms with E-state index in [9.17, 15) is 4.79 Å². The van der Waals surface area contributed by atoms with Crippen molar-refractivity contribution in [2.24, 2.45) is 0 Å². The van der Waals surface area contributed by atoms with Gasteiger partial charge < -0.3 is 5.32 Å². The molecule has 0 saturated heterocycles. The number of aryl methyl sites for hydroxylation is 2. The van der Waals surface area contributed by atoms with Gasteiger partial charge in [-0.05, 0) is 25.0 Å². The standard InChI is InChI=1S/C15H17N3O/c1-12-9-14(18-11-17-12)10-16-15(19)8-7-13-5-3-2-4-6-13/h2-6,9,11H,7-8,10H2,1H3,(H,16,19). The second-order valence-electron chi connectivity index (χ2n) is 4.41. The Balaban J connectivity index is 1.76. The minimum atomic E-state index is 0.0418. The summed E-state index contributed by atoms with van der Waals surface area (Å²) in [6, 6.07) is 11.9. The zero-order valence-electron chi connectivity index (χ0n) is 11.0. The van der Waals surface area contributed by atoms with E-state index in [0.717, 1.165) is 17.8 Å². The van der Waals surface area contributed by atoms with Crippen LogP contribution in [0.15, 0.2) is 42.7 Å². The topological polar surface area (TPSA) is 54.9 Å². The zero-order valence-corrected chi connectivity index (χ0v) is 11.0. The maximum Gasteiger partial charge on any atom is 0.220 e. The molecule has 0 aliphatic rings. The maximum atomic E-state index is 11.7. The van der Waals surface area contributed by atoms with Gasteiger partial charge >= 0.3 is 0 Å². The summed E-state index contributed by atoms with van der Waals surface area (Å²) >= 11 is 0. The number of hydrogen-bond donors (Lipinski definition) is 1. The zero-order chi connectivity index (χ0) is 13.5. The molecule has 19 heavy (non-hydrogen) atoms. The van der Waals surface area contributed by atoms with Crippen LogP contribution >= 0.6 is 0 Å². The summed E-state index contributed by atoms with van der Waals surface area (Å²) in [4.78, 5) is 19.8. The number of carbonyl (C=O) groups is 1. The van der Waals surface area contributed by atoms with E-state index in [0.29, 0.717) is 13.0 Å². The molecule has 2 aromatic rings. The third-order valence-corrected chi connectivity index (χ3v) is 2.81. The Kier molecular flexibility index (Phi) is 4.61. The van der Waals surface area contributed by atoms with E-state index >= 15 is 0 Å². The summed E-state index contributed by atoms with van der Waals surface area (Å²) in [6.07, 6.45) is 2.77. The van der Waals surface area contributed by atoms with E-state index in [1.807, 2.05) is 43.3 Å². The molecule has 4 nitrogen and oxygen atoms in total. The van der Waals surface area contributed by atoms with Crippen molar-refractivity contribution in [2.75, 3.05) is 0 Å². The van der Waals surface area contributed by atoms with Crippen molar-refractivity contribution in [2.45, 2.75) is 26.3 Å². The number of amides is 1. The van der Waals surface area contributed by atoms with E-state index in [2.05, 4.69) is 15.3 Å². The fraction of sp³-hybridized carbons (Fsp3) is 0.267. The third-order valence-electron chi connectivity index (χ3n) is 2.81. The minimum absolute atomic E-state index is 0.0418. The van der Waals surface area contributed by atoms with Crippen LogP contribution in [-0.2, 0) is 17.8 Å². The van der Waals surface area contributed by atoms with Gasteiger partial charge in [0.15, 0.2) is 0 Å². The highest BCUT2D eigenvalue weighted by atomic mass is 16.1. The molecule has 0 unspecified atom stereocenters. The van der Waals surface area contributed by atoms with Gasteiger partial charge in [0.05, 0.1) is 12.2 Å². The van der Waals surface area contributed by atoms with E-state index in [-0.39, 0.29) is 5.91 Å². The molecule has 1 amide bonds. The minimum Gasteiger partial charge on any atom is -0.350 e. The molecular formula is C15H17N3O. The van der Waals surface area contributed by atoms with Crippen molar-refractivity contribution < 1.29 is 4.79 Å². The Bertz CT molecular complexity index is 540. The van der Waals surface area contributed by atoms with Crippen LogP contribution in [0.2, 0.25) is 0 Å². The number of rotatable bonds is 5. The molecule has 0 aliphatic carbocycles. The van der Waals surface area contributed by atoms with Gasteiger partial charge in [0, 0.05) is 12.1 Å². The van der Waals surface area contributed by atoms with Crippen LogP contribution in [0, 0.1) is 6.92 Å². The van der Waals surface area contributed by atoms with Gasteiger partial charge in [-0.15, -0.1) is 0 Å². The number of aromatic nitrogens is 2. The van der Waals surface area contributed by atoms with E-state index < -0.39 is 0 Å². The summed E-state index contributed by atoms with van der Waals surface area (Å²) in [5, 5.41) is 2.87. The number of carbonyl (C=O) groups excluding carboxylic acids is 1. The van der Waals surface area contributed by atoms with E-state index in [1.54, 1.807) is 0 Å². The highest BCUT2D eigenvalue weighted by Gasteiger charge is 2.03. The number of nitrogens with one attached hydrogen (secondary N) is 1. The molecule has 0 radical (unpaired) electrons. The Morgan fingerprint density at radius 1 is 1.21 bits per heavy atom. The summed E-state index contributed by atoms with van der Waals surface area (Å²) in [6.45, 7) is 2.36. The van der Waals surface area contributed by atoms with Gasteiger partial charge in [0.1, 0.15) is 6.33 Å². The molecule has 1 N–H and O–H groups in total. The molecule has 0 bridgehead atoms. The molecule has 0 spiro atoms. The molecule has 0 fully saturated rings. The van der Waals surface area contributed by atoms with Crippen LogP contribution in [0.5, 0.6) is 0 Å². The highest BCUT2D eigenvalue weighted by molar-refractivity contribution is 5.76. The average molecular weight is 255 g/mol. The Hall–Kier alpha value is -2.23. The average Bonchev–Trinajstić information content (AvgIpc) is 2.44. The first kappa shape index (κ1) is 13.2. The normalized spacial score (nSPS) is 10.2. The van der Waals surface area contributed by atoms with Crippen molar-refractivity contribution in [3.05, 3.63) is 59.7 Å². The molecule has 0 saturated carbocycles. The van der Waals surface area contributed by atoms with Gasteiger partial charge in [-0.1, -0.05) is 30.3 Å². The van der Waals surface area contributed by atoms with Crippen LogP contribution in [0.4, 0.5) is 0 Å². The van der Waals surface area contributed by atoms with Crippen molar-refractivity contribution in [3.8, 4) is 0 Å². The monoisotopic (exact) mass is 255 g/mol. The third kappa shape index (κ3) is 4.50. The van der Waals surface area contributed by atoms with Gasteiger partial charge in [-0.2, -0.15) is 0 Å². The Labute approximate surface area is 112 Å². The van der Waals surface area contributed by atoms with E-state index in [4.69, 9.17) is 0 Å². The van der Waals surface area contributed by atoms with Crippen LogP contribution in [0.3, 0.4) is 0 Å². The van der Waals surface area contributed by atoms with Crippen LogP contribution < -0.4 is 5.32 Å². The van der Waals surface area contributed by atoms with Gasteiger partial charge in [0.25, 0.3) is 0 Å². The molecule has 4 heteroatoms. The largest absolute Gasteiger partial charge is 0.350 e. The lowest BCUT2D eigenvalue weighted by Gasteiger charge is -2.05. The molecular weight excluding hydrogens is 238 g/mol. The summed E-state index contributed by atoms with van der Waals surface area (Å²) in [5.74, 6) is 0.0418. The van der Waals surface area contributed by atoms with Crippen LogP contribution in [0.1, 0.15) is 23.4 Å². The van der Waals surface area contributed by atoms with Crippen LogP contribution in [-0.4, -0.2) is 15.9 Å². The first-order valence-corrected chi connectivity index (χ1v) is 6.32. The molecule has 0 atom stereocenters.